The van der Waals surface area contributed by atoms with Gasteiger partial charge in [0.2, 0.25) is 0 Å². The Labute approximate surface area is 145 Å². The molecule has 3 rings (SSSR count). The fourth-order valence-electron chi connectivity index (χ4n) is 2.35. The first-order valence-electron chi connectivity index (χ1n) is 7.50. The van der Waals surface area contributed by atoms with E-state index in [0.29, 0.717) is 27.6 Å². The molecule has 0 saturated heterocycles. The van der Waals surface area contributed by atoms with Crippen molar-refractivity contribution in [1.82, 2.24) is 5.16 Å². The van der Waals surface area contributed by atoms with Crippen LogP contribution in [0.2, 0.25) is 5.02 Å². The second kappa shape index (κ2) is 6.89. The fraction of sp³-hybridized carbons (Fsp3) is 0.158. The maximum absolute atomic E-state index is 12.5. The van der Waals surface area contributed by atoms with E-state index in [1.165, 1.54) is 0 Å². The van der Waals surface area contributed by atoms with Crippen molar-refractivity contribution in [2.24, 2.45) is 0 Å². The first-order chi connectivity index (χ1) is 11.6. The van der Waals surface area contributed by atoms with Gasteiger partial charge in [0.1, 0.15) is 23.6 Å². The summed E-state index contributed by atoms with van der Waals surface area (Å²) < 4.78 is 10.6. The lowest BCUT2D eigenvalue weighted by molar-refractivity contribution is 0.0471. The summed E-state index contributed by atoms with van der Waals surface area (Å²) in [5, 5.41) is 4.47. The van der Waals surface area contributed by atoms with Gasteiger partial charge in [-0.2, -0.15) is 0 Å². The molecular formula is C19H16ClNO3. The molecule has 4 nitrogen and oxygen atoms in total. The molecule has 0 aliphatic rings. The SMILES string of the molecule is Cc1ccc(COC(=O)c2c(-c3ccccc3Cl)noc2C)cc1. The maximum atomic E-state index is 12.5. The van der Waals surface area contributed by atoms with E-state index in [2.05, 4.69) is 5.16 Å². The number of aryl methyl sites for hydroxylation is 2. The molecular weight excluding hydrogens is 326 g/mol. The number of halogens is 1. The number of ether oxygens (including phenoxy) is 1. The van der Waals surface area contributed by atoms with Gasteiger partial charge in [0, 0.05) is 5.56 Å². The van der Waals surface area contributed by atoms with Crippen LogP contribution in [-0.4, -0.2) is 11.1 Å². The molecule has 0 bridgehead atoms. The molecule has 0 fully saturated rings. The van der Waals surface area contributed by atoms with Crippen molar-refractivity contribution >= 4 is 17.6 Å². The summed E-state index contributed by atoms with van der Waals surface area (Å²) in [6.07, 6.45) is 0. The molecule has 0 radical (unpaired) electrons. The maximum Gasteiger partial charge on any atom is 0.344 e. The Morgan fingerprint density at radius 1 is 1.12 bits per heavy atom. The highest BCUT2D eigenvalue weighted by Crippen LogP contribution is 2.31. The van der Waals surface area contributed by atoms with Crippen molar-refractivity contribution < 1.29 is 14.1 Å². The molecule has 3 aromatic rings. The normalized spacial score (nSPS) is 10.6. The van der Waals surface area contributed by atoms with Crippen LogP contribution in [-0.2, 0) is 11.3 Å². The second-order valence-electron chi connectivity index (χ2n) is 5.50. The van der Waals surface area contributed by atoms with Gasteiger partial charge in [0.25, 0.3) is 0 Å². The number of carbonyl (C=O) groups is 1. The first-order valence-corrected chi connectivity index (χ1v) is 7.88. The number of rotatable bonds is 4. The first kappa shape index (κ1) is 16.3. The lowest BCUT2D eigenvalue weighted by Gasteiger charge is -2.06. The highest BCUT2D eigenvalue weighted by molar-refractivity contribution is 6.33. The van der Waals surface area contributed by atoms with E-state index < -0.39 is 5.97 Å². The van der Waals surface area contributed by atoms with Crippen LogP contribution in [0.5, 0.6) is 0 Å². The Bertz CT molecular complexity index is 869. The molecule has 0 amide bonds. The minimum Gasteiger partial charge on any atom is -0.457 e. The fourth-order valence-corrected chi connectivity index (χ4v) is 2.58. The Morgan fingerprint density at radius 3 is 2.54 bits per heavy atom. The molecule has 0 spiro atoms. The van der Waals surface area contributed by atoms with Gasteiger partial charge in [-0.15, -0.1) is 0 Å². The third-order valence-electron chi connectivity index (χ3n) is 3.69. The summed E-state index contributed by atoms with van der Waals surface area (Å²) in [6, 6.07) is 15.0. The number of hydrogen-bond donors (Lipinski definition) is 0. The minimum atomic E-state index is -0.482. The van der Waals surface area contributed by atoms with Gasteiger partial charge in [0.05, 0.1) is 5.02 Å². The van der Waals surface area contributed by atoms with Crippen molar-refractivity contribution in [2.75, 3.05) is 0 Å². The van der Waals surface area contributed by atoms with E-state index >= 15 is 0 Å². The third-order valence-corrected chi connectivity index (χ3v) is 4.02. The molecule has 122 valence electrons. The standard InChI is InChI=1S/C19H16ClNO3/c1-12-7-9-14(10-8-12)11-23-19(22)17-13(2)24-21-18(17)15-5-3-4-6-16(15)20/h3-10H,11H2,1-2H3. The van der Waals surface area contributed by atoms with Gasteiger partial charge in [0.15, 0.2) is 0 Å². The van der Waals surface area contributed by atoms with Gasteiger partial charge in [-0.05, 0) is 25.5 Å². The Kier molecular flexibility index (Phi) is 4.67. The zero-order valence-electron chi connectivity index (χ0n) is 13.4. The summed E-state index contributed by atoms with van der Waals surface area (Å²) >= 11 is 6.20. The largest absolute Gasteiger partial charge is 0.457 e. The van der Waals surface area contributed by atoms with E-state index in [-0.39, 0.29) is 6.61 Å². The number of esters is 1. The van der Waals surface area contributed by atoms with Crippen molar-refractivity contribution in [3.8, 4) is 11.3 Å². The number of carbonyl (C=O) groups excluding carboxylic acids is 1. The number of aromatic nitrogens is 1. The van der Waals surface area contributed by atoms with E-state index in [1.807, 2.05) is 43.3 Å². The summed E-state index contributed by atoms with van der Waals surface area (Å²) in [4.78, 5) is 12.5. The predicted octanol–water partition coefficient (Wildman–Crippen LogP) is 4.97. The number of benzene rings is 2. The molecule has 2 aromatic carbocycles. The Balaban J connectivity index is 1.84. The van der Waals surface area contributed by atoms with Crippen LogP contribution < -0.4 is 0 Å². The van der Waals surface area contributed by atoms with E-state index in [0.717, 1.165) is 11.1 Å². The lowest BCUT2D eigenvalue weighted by atomic mass is 10.1. The summed E-state index contributed by atoms with van der Waals surface area (Å²) in [6.45, 7) is 3.87. The molecule has 0 N–H and O–H groups in total. The van der Waals surface area contributed by atoms with Crippen LogP contribution in [0.25, 0.3) is 11.3 Å². The van der Waals surface area contributed by atoms with E-state index in [9.17, 15) is 4.79 Å². The van der Waals surface area contributed by atoms with E-state index in [1.54, 1.807) is 19.1 Å². The third kappa shape index (κ3) is 3.34. The van der Waals surface area contributed by atoms with Gasteiger partial charge in [-0.3, -0.25) is 0 Å². The lowest BCUT2D eigenvalue weighted by Crippen LogP contribution is -2.07. The molecule has 5 heteroatoms. The zero-order chi connectivity index (χ0) is 17.1. The minimum absolute atomic E-state index is 0.186. The Morgan fingerprint density at radius 2 is 1.83 bits per heavy atom. The molecule has 0 aliphatic carbocycles. The second-order valence-corrected chi connectivity index (χ2v) is 5.91. The van der Waals surface area contributed by atoms with Gasteiger partial charge in [-0.25, -0.2) is 4.79 Å². The molecule has 0 unspecified atom stereocenters. The van der Waals surface area contributed by atoms with Gasteiger partial charge in [-0.1, -0.05) is 64.8 Å². The number of nitrogens with zero attached hydrogens (tertiary/aromatic N) is 1. The monoisotopic (exact) mass is 341 g/mol. The van der Waals surface area contributed by atoms with Crippen LogP contribution >= 0.6 is 11.6 Å². The molecule has 1 heterocycles. The molecule has 0 saturated carbocycles. The van der Waals surface area contributed by atoms with Crippen LogP contribution in [0, 0.1) is 13.8 Å². The number of hydrogen-bond acceptors (Lipinski definition) is 4. The average molecular weight is 342 g/mol. The van der Waals surface area contributed by atoms with Crippen LogP contribution in [0.4, 0.5) is 0 Å². The van der Waals surface area contributed by atoms with Gasteiger partial charge >= 0.3 is 5.97 Å². The van der Waals surface area contributed by atoms with Crippen molar-refractivity contribution in [3.63, 3.8) is 0 Å². The van der Waals surface area contributed by atoms with Crippen LogP contribution in [0.15, 0.2) is 53.1 Å². The molecule has 0 atom stereocenters. The molecule has 0 aliphatic heterocycles. The summed E-state index contributed by atoms with van der Waals surface area (Å²) in [5.41, 5.74) is 3.41. The van der Waals surface area contributed by atoms with Gasteiger partial charge < -0.3 is 9.26 Å². The Hall–Kier alpha value is -2.59. The van der Waals surface area contributed by atoms with Crippen molar-refractivity contribution in [2.45, 2.75) is 20.5 Å². The predicted molar refractivity (Wildman–Crippen MR) is 92.0 cm³/mol. The highest BCUT2D eigenvalue weighted by Gasteiger charge is 2.24. The van der Waals surface area contributed by atoms with Crippen LogP contribution in [0.3, 0.4) is 0 Å². The highest BCUT2D eigenvalue weighted by atomic mass is 35.5. The molecule has 1 aromatic heterocycles. The van der Waals surface area contributed by atoms with Crippen molar-refractivity contribution in [3.05, 3.63) is 76.0 Å². The molecule has 24 heavy (non-hydrogen) atoms. The quantitative estimate of drug-likeness (QED) is 0.629. The zero-order valence-corrected chi connectivity index (χ0v) is 14.1. The smallest absolute Gasteiger partial charge is 0.344 e. The topological polar surface area (TPSA) is 52.3 Å². The summed E-state index contributed by atoms with van der Waals surface area (Å²) in [7, 11) is 0. The van der Waals surface area contributed by atoms with Crippen LogP contribution in [0.1, 0.15) is 27.2 Å². The van der Waals surface area contributed by atoms with E-state index in [4.69, 9.17) is 20.9 Å². The van der Waals surface area contributed by atoms with Crippen molar-refractivity contribution in [1.29, 1.82) is 0 Å². The average Bonchev–Trinajstić information content (AvgIpc) is 2.96. The summed E-state index contributed by atoms with van der Waals surface area (Å²) in [5.74, 6) is -0.0805.